The van der Waals surface area contributed by atoms with Gasteiger partial charge in [-0.15, -0.1) is 0 Å². The maximum Gasteiger partial charge on any atom is 0.409 e. The van der Waals surface area contributed by atoms with E-state index in [9.17, 15) is 9.18 Å². The molecule has 3 aliphatic heterocycles. The van der Waals surface area contributed by atoms with E-state index in [2.05, 4.69) is 20.1 Å². The molecule has 1 amide bonds. The second kappa shape index (κ2) is 10.0. The van der Waals surface area contributed by atoms with Crippen molar-refractivity contribution in [1.29, 1.82) is 5.41 Å². The number of ether oxygens (including phenoxy) is 2. The Morgan fingerprint density at radius 1 is 1.37 bits per heavy atom. The van der Waals surface area contributed by atoms with Crippen molar-refractivity contribution in [2.75, 3.05) is 63.9 Å². The second-order valence-electron chi connectivity index (χ2n) is 10.0. The molecule has 0 radical (unpaired) electrons. The lowest BCUT2D eigenvalue weighted by Crippen LogP contribution is -2.58. The van der Waals surface area contributed by atoms with Crippen LogP contribution in [0.2, 0.25) is 0 Å². The molecule has 10 heteroatoms. The standard InChI is InChI=1S/C25H35FN6O3/c1-2-34-24(33)32-16-25(17-32)5-4-19(13-25)30-7-9-31(10-8-30)22-20(12-18(26)15-29-22)21(14-27)23-28-6-3-11-35-23/h12,14-15,19,27-28H,2-11,13,16-17H2,1H3/b23-21-,27-14?/t19-/m1/s1. The minimum atomic E-state index is -0.424. The Morgan fingerprint density at radius 2 is 2.17 bits per heavy atom. The summed E-state index contributed by atoms with van der Waals surface area (Å²) in [5.41, 5.74) is 1.37. The summed E-state index contributed by atoms with van der Waals surface area (Å²) in [6.45, 7) is 8.62. The molecule has 1 aromatic heterocycles. The molecule has 1 aliphatic carbocycles. The van der Waals surface area contributed by atoms with Gasteiger partial charge in [-0.1, -0.05) is 0 Å². The second-order valence-corrected chi connectivity index (χ2v) is 10.0. The number of aromatic nitrogens is 1. The minimum Gasteiger partial charge on any atom is -0.479 e. The summed E-state index contributed by atoms with van der Waals surface area (Å²) in [4.78, 5) is 23.0. The molecule has 3 saturated heterocycles. The van der Waals surface area contributed by atoms with Gasteiger partial charge < -0.3 is 30.0 Å². The first-order chi connectivity index (χ1) is 17.0. The molecule has 2 N–H and O–H groups in total. The van der Waals surface area contributed by atoms with Crippen LogP contribution in [0, 0.1) is 16.6 Å². The average Bonchev–Trinajstić information content (AvgIpc) is 3.31. The smallest absolute Gasteiger partial charge is 0.409 e. The zero-order valence-corrected chi connectivity index (χ0v) is 20.4. The normalized spacial score (nSPS) is 25.5. The van der Waals surface area contributed by atoms with Crippen LogP contribution in [0.15, 0.2) is 18.1 Å². The third-order valence-corrected chi connectivity index (χ3v) is 7.75. The highest BCUT2D eigenvalue weighted by molar-refractivity contribution is 6.11. The number of carbonyl (C=O) groups is 1. The molecule has 4 heterocycles. The van der Waals surface area contributed by atoms with E-state index in [1.54, 1.807) is 0 Å². The number of pyridine rings is 1. The Morgan fingerprint density at radius 3 is 2.86 bits per heavy atom. The summed E-state index contributed by atoms with van der Waals surface area (Å²) >= 11 is 0. The molecule has 0 unspecified atom stereocenters. The molecule has 1 saturated carbocycles. The summed E-state index contributed by atoms with van der Waals surface area (Å²) in [7, 11) is 0. The van der Waals surface area contributed by atoms with E-state index in [4.69, 9.17) is 14.9 Å². The highest BCUT2D eigenvalue weighted by atomic mass is 19.1. The van der Waals surface area contributed by atoms with Gasteiger partial charge in [0.05, 0.1) is 25.0 Å². The number of hydrogen-bond acceptors (Lipinski definition) is 8. The van der Waals surface area contributed by atoms with Gasteiger partial charge in [-0.05, 0) is 38.7 Å². The van der Waals surface area contributed by atoms with Crippen molar-refractivity contribution in [2.24, 2.45) is 5.41 Å². The number of halogens is 1. The van der Waals surface area contributed by atoms with Gasteiger partial charge in [-0.2, -0.15) is 0 Å². The summed E-state index contributed by atoms with van der Waals surface area (Å²) in [6, 6.07) is 1.98. The number of hydrogen-bond donors (Lipinski definition) is 2. The minimum absolute atomic E-state index is 0.189. The quantitative estimate of drug-likeness (QED) is 0.618. The van der Waals surface area contributed by atoms with Gasteiger partial charge in [0.25, 0.3) is 0 Å². The maximum absolute atomic E-state index is 14.2. The van der Waals surface area contributed by atoms with Gasteiger partial charge in [0.2, 0.25) is 0 Å². The van der Waals surface area contributed by atoms with Crippen molar-refractivity contribution < 1.29 is 18.7 Å². The molecule has 1 spiro atoms. The van der Waals surface area contributed by atoms with Gasteiger partial charge in [0.15, 0.2) is 5.88 Å². The molecule has 5 rings (SSSR count). The zero-order chi connectivity index (χ0) is 24.4. The van der Waals surface area contributed by atoms with E-state index < -0.39 is 5.82 Å². The molecule has 1 atom stereocenters. The lowest BCUT2D eigenvalue weighted by molar-refractivity contribution is -0.00294. The topological polar surface area (TPSA) is 94.0 Å². The molecule has 4 aliphatic rings. The van der Waals surface area contributed by atoms with Crippen molar-refractivity contribution in [2.45, 2.75) is 38.6 Å². The first kappa shape index (κ1) is 23.8. The van der Waals surface area contributed by atoms with E-state index in [1.807, 2.05) is 11.8 Å². The first-order valence-electron chi connectivity index (χ1n) is 12.7. The summed E-state index contributed by atoms with van der Waals surface area (Å²) in [6.07, 6.45) is 6.61. The molecule has 190 valence electrons. The van der Waals surface area contributed by atoms with E-state index in [0.29, 0.717) is 42.1 Å². The van der Waals surface area contributed by atoms with Crippen LogP contribution >= 0.6 is 0 Å². The number of carbonyl (C=O) groups excluding carboxylic acids is 1. The highest BCUT2D eigenvalue weighted by Gasteiger charge is 2.51. The summed E-state index contributed by atoms with van der Waals surface area (Å²) < 4.78 is 25.1. The van der Waals surface area contributed by atoms with Crippen LogP contribution in [0.5, 0.6) is 0 Å². The molecule has 9 nitrogen and oxygen atoms in total. The van der Waals surface area contributed by atoms with Gasteiger partial charge in [0, 0.05) is 69.0 Å². The molecule has 0 aromatic carbocycles. The predicted molar refractivity (Wildman–Crippen MR) is 131 cm³/mol. The van der Waals surface area contributed by atoms with Crippen LogP contribution < -0.4 is 10.2 Å². The van der Waals surface area contributed by atoms with E-state index in [-0.39, 0.29) is 11.5 Å². The zero-order valence-electron chi connectivity index (χ0n) is 20.4. The van der Waals surface area contributed by atoms with Crippen LogP contribution in [0.25, 0.3) is 5.57 Å². The molecular formula is C25H35FN6O3. The first-order valence-corrected chi connectivity index (χ1v) is 12.7. The van der Waals surface area contributed by atoms with Crippen LogP contribution in [0.4, 0.5) is 15.0 Å². The van der Waals surface area contributed by atoms with Gasteiger partial charge in [0.1, 0.15) is 11.6 Å². The van der Waals surface area contributed by atoms with Crippen molar-refractivity contribution >= 4 is 23.7 Å². The number of piperazine rings is 1. The monoisotopic (exact) mass is 486 g/mol. The van der Waals surface area contributed by atoms with Crippen molar-refractivity contribution in [1.82, 2.24) is 20.1 Å². The van der Waals surface area contributed by atoms with Crippen LogP contribution in [0.3, 0.4) is 0 Å². The number of likely N-dealkylation sites (tertiary alicyclic amines) is 1. The van der Waals surface area contributed by atoms with Gasteiger partial charge >= 0.3 is 6.09 Å². The number of rotatable bonds is 5. The Hall–Kier alpha value is -2.88. The fourth-order valence-electron chi connectivity index (χ4n) is 6.00. The third-order valence-electron chi connectivity index (χ3n) is 7.75. The third kappa shape index (κ3) is 4.80. The average molecular weight is 487 g/mol. The predicted octanol–water partition coefficient (Wildman–Crippen LogP) is 2.68. The van der Waals surface area contributed by atoms with Crippen LogP contribution in [-0.4, -0.2) is 92.2 Å². The van der Waals surface area contributed by atoms with Crippen molar-refractivity contribution in [3.05, 3.63) is 29.5 Å². The molecule has 0 bridgehead atoms. The summed E-state index contributed by atoms with van der Waals surface area (Å²) in [5, 5.41) is 11.2. The molecular weight excluding hydrogens is 451 g/mol. The SMILES string of the molecule is CCOC(=O)N1CC2(CC[C@@H](N3CCN(c4ncc(F)cc4/C(C=N)=C4/NCCCO4)CC3)C2)C1. The lowest BCUT2D eigenvalue weighted by atomic mass is 9.78. The number of nitrogens with zero attached hydrogens (tertiary/aromatic N) is 4. The van der Waals surface area contributed by atoms with Gasteiger partial charge in [-0.25, -0.2) is 14.2 Å². The molecule has 35 heavy (non-hydrogen) atoms. The number of allylic oxidation sites excluding steroid dienone is 1. The molecule has 4 fully saturated rings. The summed E-state index contributed by atoms with van der Waals surface area (Å²) in [5.74, 6) is 0.791. The van der Waals surface area contributed by atoms with E-state index in [1.165, 1.54) is 18.5 Å². The van der Waals surface area contributed by atoms with Crippen molar-refractivity contribution in [3.8, 4) is 0 Å². The van der Waals surface area contributed by atoms with Gasteiger partial charge in [-0.3, -0.25) is 4.90 Å². The Labute approximate surface area is 205 Å². The Kier molecular flexibility index (Phi) is 6.82. The fourth-order valence-corrected chi connectivity index (χ4v) is 6.00. The van der Waals surface area contributed by atoms with Crippen LogP contribution in [-0.2, 0) is 9.47 Å². The van der Waals surface area contributed by atoms with E-state index >= 15 is 0 Å². The van der Waals surface area contributed by atoms with E-state index in [0.717, 1.165) is 71.5 Å². The number of amides is 1. The number of nitrogens with one attached hydrogen (secondary N) is 2. The molecule has 1 aromatic rings. The Balaban J connectivity index is 1.22. The maximum atomic E-state index is 14.2. The highest BCUT2D eigenvalue weighted by Crippen LogP contribution is 2.47. The number of anilines is 1. The van der Waals surface area contributed by atoms with Crippen LogP contribution in [0.1, 0.15) is 38.2 Å². The largest absolute Gasteiger partial charge is 0.479 e. The Bertz CT molecular complexity index is 979. The lowest BCUT2D eigenvalue weighted by Gasteiger charge is -2.48. The fraction of sp³-hybridized carbons (Fsp3) is 0.640. The van der Waals surface area contributed by atoms with Crippen molar-refractivity contribution in [3.63, 3.8) is 0 Å².